The summed E-state index contributed by atoms with van der Waals surface area (Å²) in [4.78, 5) is 24.3. The lowest BCUT2D eigenvalue weighted by Crippen LogP contribution is -2.32. The number of hydrogen-bond donors (Lipinski definition) is 2. The first-order chi connectivity index (χ1) is 16.5. The van der Waals surface area contributed by atoms with E-state index in [0.717, 1.165) is 23.1 Å². The van der Waals surface area contributed by atoms with Crippen LogP contribution in [0, 0.1) is 6.92 Å². The molecule has 0 aliphatic heterocycles. The number of carbonyl (C=O) groups is 2. The lowest BCUT2D eigenvalue weighted by Gasteiger charge is -2.13. The molecule has 0 unspecified atom stereocenters. The van der Waals surface area contributed by atoms with Gasteiger partial charge in [-0.2, -0.15) is 5.10 Å². The van der Waals surface area contributed by atoms with Gasteiger partial charge in [-0.25, -0.2) is 5.43 Å². The van der Waals surface area contributed by atoms with E-state index >= 15 is 0 Å². The number of hydrogen-bond acceptors (Lipinski definition) is 5. The summed E-state index contributed by atoms with van der Waals surface area (Å²) in [7, 11) is 0. The van der Waals surface area contributed by atoms with E-state index in [1.165, 1.54) is 6.21 Å². The van der Waals surface area contributed by atoms with E-state index < -0.39 is 11.8 Å². The molecule has 0 heterocycles. The summed E-state index contributed by atoms with van der Waals surface area (Å²) in [5.41, 5.74) is 6.74. The fourth-order valence-corrected chi connectivity index (χ4v) is 3.27. The molecular weight excluding hydrogens is 430 g/mol. The lowest BCUT2D eigenvalue weighted by molar-refractivity contribution is -0.136. The molecule has 3 aromatic rings. The third-order valence-electron chi connectivity index (χ3n) is 5.14. The van der Waals surface area contributed by atoms with Gasteiger partial charge in [0.2, 0.25) is 0 Å². The average molecular weight is 460 g/mol. The number of nitrogens with zero attached hydrogens (tertiary/aromatic N) is 1. The highest BCUT2D eigenvalue weighted by molar-refractivity contribution is 6.39. The maximum absolute atomic E-state index is 12.2. The standard InChI is InChI=1S/C27H29N3O4/c1-4-21-11-8-9-13-23(21)29-26(31)27(32)30-28-17-20-14-15-24(25(16-20)33-5-2)34-18-22-12-7-6-10-19(22)3/h6-17H,4-5,18H2,1-3H3,(H,29,31)(H,30,32)/b28-17+. The molecule has 2 amide bonds. The highest BCUT2D eigenvalue weighted by atomic mass is 16.5. The zero-order chi connectivity index (χ0) is 24.3. The largest absolute Gasteiger partial charge is 0.490 e. The number of anilines is 1. The fraction of sp³-hybridized carbons (Fsp3) is 0.222. The number of hydrazone groups is 1. The third kappa shape index (κ3) is 6.68. The maximum atomic E-state index is 12.2. The van der Waals surface area contributed by atoms with Gasteiger partial charge in [0.15, 0.2) is 11.5 Å². The molecule has 34 heavy (non-hydrogen) atoms. The zero-order valence-electron chi connectivity index (χ0n) is 19.6. The lowest BCUT2D eigenvalue weighted by atomic mass is 10.1. The van der Waals surface area contributed by atoms with Crippen molar-refractivity contribution in [2.24, 2.45) is 5.10 Å². The van der Waals surface area contributed by atoms with Crippen LogP contribution in [-0.4, -0.2) is 24.6 Å². The van der Waals surface area contributed by atoms with Crippen LogP contribution in [0.2, 0.25) is 0 Å². The Hall–Kier alpha value is -4.13. The Labute approximate surface area is 199 Å². The van der Waals surface area contributed by atoms with Crippen LogP contribution in [0.3, 0.4) is 0 Å². The van der Waals surface area contributed by atoms with Gasteiger partial charge in [-0.15, -0.1) is 0 Å². The Kier molecular flexibility index (Phi) is 8.80. The van der Waals surface area contributed by atoms with Crippen molar-refractivity contribution >= 4 is 23.7 Å². The number of nitrogens with one attached hydrogen (secondary N) is 2. The van der Waals surface area contributed by atoms with Crippen LogP contribution in [0.15, 0.2) is 71.8 Å². The van der Waals surface area contributed by atoms with Crippen LogP contribution in [0.4, 0.5) is 5.69 Å². The van der Waals surface area contributed by atoms with Gasteiger partial charge in [-0.3, -0.25) is 9.59 Å². The normalized spacial score (nSPS) is 10.7. The number of benzene rings is 3. The smallest absolute Gasteiger partial charge is 0.329 e. The first-order valence-corrected chi connectivity index (χ1v) is 11.2. The molecule has 2 N–H and O–H groups in total. The van der Waals surface area contributed by atoms with Gasteiger partial charge in [0.1, 0.15) is 6.61 Å². The molecule has 0 aliphatic rings. The molecule has 0 spiro atoms. The minimum absolute atomic E-state index is 0.423. The Bertz CT molecular complexity index is 1170. The number of amides is 2. The van der Waals surface area contributed by atoms with E-state index in [4.69, 9.17) is 9.47 Å². The van der Waals surface area contributed by atoms with Crippen molar-refractivity contribution in [3.63, 3.8) is 0 Å². The van der Waals surface area contributed by atoms with Gasteiger partial charge in [-0.05, 0) is 66.8 Å². The first-order valence-electron chi connectivity index (χ1n) is 11.2. The molecule has 3 aromatic carbocycles. The van der Waals surface area contributed by atoms with Crippen molar-refractivity contribution in [3.05, 3.63) is 89.0 Å². The third-order valence-corrected chi connectivity index (χ3v) is 5.14. The predicted octanol–water partition coefficient (Wildman–Crippen LogP) is 4.62. The summed E-state index contributed by atoms with van der Waals surface area (Å²) >= 11 is 0. The molecular formula is C27H29N3O4. The monoisotopic (exact) mass is 459 g/mol. The second kappa shape index (κ2) is 12.2. The number of para-hydroxylation sites is 1. The molecule has 0 saturated heterocycles. The molecule has 0 aliphatic carbocycles. The number of carbonyl (C=O) groups excluding carboxylic acids is 2. The SMILES string of the molecule is CCOc1cc(/C=N/NC(=O)C(=O)Nc2ccccc2CC)ccc1OCc1ccccc1C. The Balaban J connectivity index is 1.61. The molecule has 0 bridgehead atoms. The second-order valence-electron chi connectivity index (χ2n) is 7.52. The summed E-state index contributed by atoms with van der Waals surface area (Å²) in [5, 5.41) is 6.51. The first kappa shape index (κ1) is 24.5. The quantitative estimate of drug-likeness (QED) is 0.278. The van der Waals surface area contributed by atoms with Crippen molar-refractivity contribution in [3.8, 4) is 11.5 Å². The molecule has 0 radical (unpaired) electrons. The number of ether oxygens (including phenoxy) is 2. The highest BCUT2D eigenvalue weighted by Gasteiger charge is 2.14. The Morgan fingerprint density at radius 2 is 1.62 bits per heavy atom. The van der Waals surface area contributed by atoms with Crippen molar-refractivity contribution in [2.75, 3.05) is 11.9 Å². The fourth-order valence-electron chi connectivity index (χ4n) is 3.27. The van der Waals surface area contributed by atoms with Gasteiger partial charge in [0.25, 0.3) is 0 Å². The molecule has 0 atom stereocenters. The summed E-state index contributed by atoms with van der Waals surface area (Å²) < 4.78 is 11.7. The van der Waals surface area contributed by atoms with E-state index in [-0.39, 0.29) is 0 Å². The van der Waals surface area contributed by atoms with Crippen LogP contribution < -0.4 is 20.2 Å². The van der Waals surface area contributed by atoms with Crippen LogP contribution in [-0.2, 0) is 22.6 Å². The maximum Gasteiger partial charge on any atom is 0.329 e. The van der Waals surface area contributed by atoms with E-state index in [9.17, 15) is 9.59 Å². The minimum Gasteiger partial charge on any atom is -0.490 e. The topological polar surface area (TPSA) is 89.0 Å². The number of aryl methyl sites for hydroxylation is 2. The highest BCUT2D eigenvalue weighted by Crippen LogP contribution is 2.29. The van der Waals surface area contributed by atoms with E-state index in [2.05, 4.69) is 15.8 Å². The van der Waals surface area contributed by atoms with Gasteiger partial charge in [-0.1, -0.05) is 49.4 Å². The van der Waals surface area contributed by atoms with Crippen molar-refractivity contribution in [1.29, 1.82) is 0 Å². The zero-order valence-corrected chi connectivity index (χ0v) is 19.6. The summed E-state index contributed by atoms with van der Waals surface area (Å²) in [6.07, 6.45) is 2.18. The van der Waals surface area contributed by atoms with Crippen LogP contribution in [0.5, 0.6) is 11.5 Å². The summed E-state index contributed by atoms with van der Waals surface area (Å²) in [6.45, 7) is 6.80. The molecule has 0 aromatic heterocycles. The van der Waals surface area contributed by atoms with Crippen LogP contribution in [0.25, 0.3) is 0 Å². The van der Waals surface area contributed by atoms with Crippen molar-refractivity contribution < 1.29 is 19.1 Å². The summed E-state index contributed by atoms with van der Waals surface area (Å²) in [6, 6.07) is 20.7. The molecule has 7 nitrogen and oxygen atoms in total. The van der Waals surface area contributed by atoms with Gasteiger partial charge in [0.05, 0.1) is 12.8 Å². The van der Waals surface area contributed by atoms with E-state index in [1.54, 1.807) is 30.3 Å². The van der Waals surface area contributed by atoms with E-state index in [0.29, 0.717) is 36.0 Å². The van der Waals surface area contributed by atoms with Crippen LogP contribution >= 0.6 is 0 Å². The van der Waals surface area contributed by atoms with E-state index in [1.807, 2.05) is 57.2 Å². The second-order valence-corrected chi connectivity index (χ2v) is 7.52. The molecule has 7 heteroatoms. The minimum atomic E-state index is -0.856. The number of rotatable bonds is 9. The van der Waals surface area contributed by atoms with Crippen LogP contribution in [0.1, 0.15) is 36.1 Å². The molecule has 0 saturated carbocycles. The average Bonchev–Trinajstić information content (AvgIpc) is 2.85. The Morgan fingerprint density at radius 3 is 2.35 bits per heavy atom. The molecule has 3 rings (SSSR count). The molecule has 0 fully saturated rings. The van der Waals surface area contributed by atoms with Crippen molar-refractivity contribution in [1.82, 2.24) is 5.43 Å². The van der Waals surface area contributed by atoms with Gasteiger partial charge < -0.3 is 14.8 Å². The van der Waals surface area contributed by atoms with Gasteiger partial charge in [0, 0.05) is 5.69 Å². The predicted molar refractivity (Wildman–Crippen MR) is 133 cm³/mol. The summed E-state index contributed by atoms with van der Waals surface area (Å²) in [5.74, 6) is -0.459. The van der Waals surface area contributed by atoms with Gasteiger partial charge >= 0.3 is 11.8 Å². The Morgan fingerprint density at radius 1 is 0.882 bits per heavy atom. The van der Waals surface area contributed by atoms with Crippen molar-refractivity contribution in [2.45, 2.75) is 33.8 Å². The molecule has 176 valence electrons.